The zero-order valence-corrected chi connectivity index (χ0v) is 14.1. The molecule has 8 nitrogen and oxygen atoms in total. The molecular weight excluding hydrogens is 332 g/mol. The van der Waals surface area contributed by atoms with Crippen LogP contribution in [-0.2, 0) is 34.1 Å². The van der Waals surface area contributed by atoms with E-state index in [9.17, 15) is 8.42 Å². The van der Waals surface area contributed by atoms with Gasteiger partial charge < -0.3 is 9.26 Å². The molecule has 1 fully saturated rings. The second-order valence-corrected chi connectivity index (χ2v) is 8.00. The van der Waals surface area contributed by atoms with E-state index in [1.165, 1.54) is 6.20 Å². The smallest absolute Gasteiger partial charge is 0.244 e. The first-order valence-electron chi connectivity index (χ1n) is 8.21. The van der Waals surface area contributed by atoms with Gasteiger partial charge in [-0.1, -0.05) is 5.16 Å². The third kappa shape index (κ3) is 2.99. The van der Waals surface area contributed by atoms with Crippen LogP contribution in [0.5, 0.6) is 0 Å². The number of hydrogen-bond acceptors (Lipinski definition) is 6. The van der Waals surface area contributed by atoms with E-state index < -0.39 is 10.0 Å². The number of nitrogens with one attached hydrogen (secondary N) is 1. The first-order chi connectivity index (χ1) is 11.6. The number of ether oxygens (including phenoxy) is 1. The molecule has 1 saturated heterocycles. The SMILES string of the molecule is O=S(=O)(NCc1noc2c1CCCC2)c1cnn(C2CCOC2)c1. The van der Waals surface area contributed by atoms with E-state index in [1.54, 1.807) is 10.9 Å². The van der Waals surface area contributed by atoms with Crippen LogP contribution in [0, 0.1) is 0 Å². The second kappa shape index (κ2) is 6.30. The third-order valence-electron chi connectivity index (χ3n) is 4.63. The summed E-state index contributed by atoms with van der Waals surface area (Å²) >= 11 is 0. The summed E-state index contributed by atoms with van der Waals surface area (Å²) in [7, 11) is -3.63. The Hall–Kier alpha value is -1.71. The van der Waals surface area contributed by atoms with Crippen molar-refractivity contribution in [2.45, 2.75) is 49.6 Å². The number of fused-ring (bicyclic) bond motifs is 1. The Morgan fingerprint density at radius 1 is 1.33 bits per heavy atom. The minimum atomic E-state index is -3.63. The number of rotatable bonds is 5. The fraction of sp³-hybridized carbons (Fsp3) is 0.600. The molecule has 130 valence electrons. The number of sulfonamides is 1. The molecule has 1 atom stereocenters. The average Bonchev–Trinajstić information content (AvgIpc) is 3.31. The van der Waals surface area contributed by atoms with Gasteiger partial charge in [0.25, 0.3) is 0 Å². The zero-order valence-electron chi connectivity index (χ0n) is 13.3. The summed E-state index contributed by atoms with van der Waals surface area (Å²) in [6.07, 6.45) is 7.74. The molecule has 1 aliphatic heterocycles. The summed E-state index contributed by atoms with van der Waals surface area (Å²) in [5.41, 5.74) is 1.74. The highest BCUT2D eigenvalue weighted by atomic mass is 32.2. The average molecular weight is 352 g/mol. The maximum Gasteiger partial charge on any atom is 0.244 e. The molecule has 9 heteroatoms. The van der Waals surface area contributed by atoms with Gasteiger partial charge in [-0.3, -0.25) is 4.68 Å². The molecule has 0 amide bonds. The molecule has 0 bridgehead atoms. The van der Waals surface area contributed by atoms with E-state index in [1.807, 2.05) is 0 Å². The number of hydrogen-bond donors (Lipinski definition) is 1. The fourth-order valence-corrected chi connectivity index (χ4v) is 4.15. The van der Waals surface area contributed by atoms with Crippen LogP contribution in [0.3, 0.4) is 0 Å². The van der Waals surface area contributed by atoms with Crippen molar-refractivity contribution in [2.75, 3.05) is 13.2 Å². The van der Waals surface area contributed by atoms with Gasteiger partial charge in [0.05, 0.1) is 25.4 Å². The lowest BCUT2D eigenvalue weighted by atomic mass is 9.97. The van der Waals surface area contributed by atoms with E-state index >= 15 is 0 Å². The predicted octanol–water partition coefficient (Wildman–Crippen LogP) is 1.19. The van der Waals surface area contributed by atoms with Gasteiger partial charge in [0.2, 0.25) is 10.0 Å². The first kappa shape index (κ1) is 15.8. The maximum atomic E-state index is 12.5. The topological polar surface area (TPSA) is 99.3 Å². The van der Waals surface area contributed by atoms with Crippen molar-refractivity contribution in [1.82, 2.24) is 19.7 Å². The molecule has 1 N–H and O–H groups in total. The molecule has 3 heterocycles. The van der Waals surface area contributed by atoms with Gasteiger partial charge in [0.15, 0.2) is 0 Å². The Morgan fingerprint density at radius 2 is 2.21 bits per heavy atom. The standard InChI is InChI=1S/C15H20N4O4S/c20-24(21,12-7-16-19(9-12)11-5-6-22-10-11)17-8-14-13-3-1-2-4-15(13)23-18-14/h7,9,11,17H,1-6,8,10H2. The van der Waals surface area contributed by atoms with E-state index in [-0.39, 0.29) is 17.5 Å². The highest BCUT2D eigenvalue weighted by Gasteiger charge is 2.24. The molecule has 24 heavy (non-hydrogen) atoms. The van der Waals surface area contributed by atoms with Gasteiger partial charge in [-0.2, -0.15) is 5.10 Å². The van der Waals surface area contributed by atoms with Crippen molar-refractivity contribution in [2.24, 2.45) is 0 Å². The van der Waals surface area contributed by atoms with E-state index in [0.29, 0.717) is 18.9 Å². The summed E-state index contributed by atoms with van der Waals surface area (Å²) < 4.78 is 39.8. The van der Waals surface area contributed by atoms with Gasteiger partial charge in [0.1, 0.15) is 16.3 Å². The van der Waals surface area contributed by atoms with Crippen molar-refractivity contribution >= 4 is 10.0 Å². The van der Waals surface area contributed by atoms with Gasteiger partial charge in [0, 0.05) is 24.8 Å². The van der Waals surface area contributed by atoms with Crippen molar-refractivity contribution in [3.05, 3.63) is 29.4 Å². The lowest BCUT2D eigenvalue weighted by Gasteiger charge is -2.09. The van der Waals surface area contributed by atoms with Crippen molar-refractivity contribution in [3.8, 4) is 0 Å². The first-order valence-corrected chi connectivity index (χ1v) is 9.70. The highest BCUT2D eigenvalue weighted by molar-refractivity contribution is 7.89. The molecule has 0 radical (unpaired) electrons. The van der Waals surface area contributed by atoms with Crippen LogP contribution in [0.2, 0.25) is 0 Å². The molecule has 2 aliphatic rings. The summed E-state index contributed by atoms with van der Waals surface area (Å²) in [4.78, 5) is 0.159. The van der Waals surface area contributed by atoms with Crippen LogP contribution in [0.25, 0.3) is 0 Å². The minimum absolute atomic E-state index is 0.108. The van der Waals surface area contributed by atoms with Gasteiger partial charge >= 0.3 is 0 Å². The largest absolute Gasteiger partial charge is 0.379 e. The Bertz CT molecular complexity index is 820. The number of aromatic nitrogens is 3. The van der Waals surface area contributed by atoms with Gasteiger partial charge in [-0.15, -0.1) is 0 Å². The monoisotopic (exact) mass is 352 g/mol. The predicted molar refractivity (Wildman–Crippen MR) is 83.9 cm³/mol. The molecule has 0 aromatic carbocycles. The fourth-order valence-electron chi connectivity index (χ4n) is 3.22. The highest BCUT2D eigenvalue weighted by Crippen LogP contribution is 2.24. The lowest BCUT2D eigenvalue weighted by Crippen LogP contribution is -2.24. The Labute approximate surface area is 140 Å². The van der Waals surface area contributed by atoms with Crippen molar-refractivity contribution in [3.63, 3.8) is 0 Å². The quantitative estimate of drug-likeness (QED) is 0.868. The second-order valence-electron chi connectivity index (χ2n) is 6.24. The van der Waals surface area contributed by atoms with Gasteiger partial charge in [-0.05, 0) is 25.7 Å². The van der Waals surface area contributed by atoms with Crippen LogP contribution >= 0.6 is 0 Å². The van der Waals surface area contributed by atoms with Crippen molar-refractivity contribution < 1.29 is 17.7 Å². The Kier molecular flexibility index (Phi) is 4.15. The van der Waals surface area contributed by atoms with Crippen LogP contribution in [0.15, 0.2) is 21.8 Å². The minimum Gasteiger partial charge on any atom is -0.379 e. The van der Waals surface area contributed by atoms with Crippen LogP contribution in [-0.4, -0.2) is 36.6 Å². The molecule has 0 saturated carbocycles. The van der Waals surface area contributed by atoms with E-state index in [2.05, 4.69) is 15.0 Å². The summed E-state index contributed by atoms with van der Waals surface area (Å²) in [5.74, 6) is 0.893. The van der Waals surface area contributed by atoms with E-state index in [0.717, 1.165) is 43.4 Å². The van der Waals surface area contributed by atoms with Crippen molar-refractivity contribution in [1.29, 1.82) is 0 Å². The normalized spacial score (nSPS) is 21.1. The molecule has 1 aliphatic carbocycles. The van der Waals surface area contributed by atoms with Crippen LogP contribution < -0.4 is 4.72 Å². The van der Waals surface area contributed by atoms with Crippen LogP contribution in [0.4, 0.5) is 0 Å². The maximum absolute atomic E-state index is 12.5. The number of aryl methyl sites for hydroxylation is 1. The molecule has 2 aromatic rings. The summed E-state index contributed by atoms with van der Waals surface area (Å²) in [6, 6.07) is 0.108. The zero-order chi connectivity index (χ0) is 16.6. The summed E-state index contributed by atoms with van der Waals surface area (Å²) in [5, 5.41) is 8.19. The Balaban J connectivity index is 1.46. The van der Waals surface area contributed by atoms with E-state index in [4.69, 9.17) is 9.26 Å². The molecular formula is C15H20N4O4S. The van der Waals surface area contributed by atoms with Crippen LogP contribution in [0.1, 0.15) is 42.3 Å². The van der Waals surface area contributed by atoms with Gasteiger partial charge in [-0.25, -0.2) is 13.1 Å². The molecule has 4 rings (SSSR count). The molecule has 0 spiro atoms. The lowest BCUT2D eigenvalue weighted by molar-refractivity contribution is 0.184. The molecule has 1 unspecified atom stereocenters. The Morgan fingerprint density at radius 3 is 3.04 bits per heavy atom. The number of nitrogens with zero attached hydrogens (tertiary/aromatic N) is 3. The third-order valence-corrected chi connectivity index (χ3v) is 5.98. The molecule has 2 aromatic heterocycles. The summed E-state index contributed by atoms with van der Waals surface area (Å²) in [6.45, 7) is 1.39.